The molecule has 1 aliphatic rings. The number of carbonyl (C=O) groups excluding carboxylic acids is 3. The van der Waals surface area contributed by atoms with Crippen molar-refractivity contribution < 1.29 is 32.3 Å². The number of amides is 3. The third-order valence-electron chi connectivity index (χ3n) is 5.67. The monoisotopic (exact) mass is 499 g/mol. The number of imide groups is 1. The summed E-state index contributed by atoms with van der Waals surface area (Å²) in [7, 11) is 0. The van der Waals surface area contributed by atoms with Gasteiger partial charge in [-0.15, -0.1) is 0 Å². The molecule has 1 unspecified atom stereocenters. The Kier molecular flexibility index (Phi) is 7.53. The average molecular weight is 499 g/mol. The van der Waals surface area contributed by atoms with Gasteiger partial charge in [0.2, 0.25) is 5.91 Å². The number of carbonyl (C=O) groups is 3. The zero-order valence-electron chi connectivity index (χ0n) is 20.1. The maximum absolute atomic E-state index is 13.8. The molecule has 0 bridgehead atoms. The van der Waals surface area contributed by atoms with Crippen molar-refractivity contribution in [2.24, 2.45) is 5.92 Å². The summed E-state index contributed by atoms with van der Waals surface area (Å²) < 4.78 is 45.5. The van der Waals surface area contributed by atoms with Gasteiger partial charge in [-0.1, -0.05) is 32.0 Å². The molecule has 1 heterocycles. The smallest absolute Gasteiger partial charge is 0.416 e. The van der Waals surface area contributed by atoms with Gasteiger partial charge in [-0.3, -0.25) is 14.6 Å². The van der Waals surface area contributed by atoms with Crippen molar-refractivity contribution in [3.8, 4) is 6.07 Å². The maximum Gasteiger partial charge on any atom is 0.416 e. The minimum atomic E-state index is -4.67. The Bertz CT molecular complexity index is 1260. The number of esters is 1. The fourth-order valence-electron chi connectivity index (χ4n) is 3.96. The van der Waals surface area contributed by atoms with Crippen LogP contribution in [0.2, 0.25) is 0 Å². The van der Waals surface area contributed by atoms with E-state index in [0.717, 1.165) is 28.0 Å². The molecule has 1 atom stereocenters. The van der Waals surface area contributed by atoms with E-state index in [9.17, 15) is 27.6 Å². The lowest BCUT2D eigenvalue weighted by Gasteiger charge is -2.42. The van der Waals surface area contributed by atoms with Gasteiger partial charge >= 0.3 is 18.2 Å². The van der Waals surface area contributed by atoms with Crippen LogP contribution in [0.5, 0.6) is 0 Å². The SMILES string of the molecule is CCOC(=O)C1=C(C)N(c2cccc(C(F)(F)F)c2)C(=O)N(C(=O)C(C)C)C1c1ccc(C#N)cc1. The molecule has 2 aromatic carbocycles. The number of hydrogen-bond acceptors (Lipinski definition) is 5. The summed E-state index contributed by atoms with van der Waals surface area (Å²) in [6.45, 7) is 6.12. The molecule has 0 saturated heterocycles. The number of rotatable bonds is 5. The molecule has 2 aromatic rings. The molecule has 0 aliphatic carbocycles. The van der Waals surface area contributed by atoms with Crippen LogP contribution in [0.4, 0.5) is 23.7 Å². The fraction of sp³-hybridized carbons (Fsp3) is 0.308. The van der Waals surface area contributed by atoms with Crippen LogP contribution >= 0.6 is 0 Å². The number of anilines is 1. The molecule has 0 saturated carbocycles. The molecule has 0 aromatic heterocycles. The zero-order valence-corrected chi connectivity index (χ0v) is 20.1. The molecule has 0 fully saturated rings. The Morgan fingerprint density at radius 2 is 1.78 bits per heavy atom. The van der Waals surface area contributed by atoms with E-state index < -0.39 is 41.6 Å². The number of alkyl halides is 3. The van der Waals surface area contributed by atoms with Crippen LogP contribution in [0.3, 0.4) is 0 Å². The second kappa shape index (κ2) is 10.2. The van der Waals surface area contributed by atoms with E-state index >= 15 is 0 Å². The topological polar surface area (TPSA) is 90.7 Å². The Morgan fingerprint density at radius 3 is 2.31 bits per heavy atom. The van der Waals surface area contributed by atoms with Crippen molar-refractivity contribution in [1.29, 1.82) is 5.26 Å². The second-order valence-electron chi connectivity index (χ2n) is 8.38. The molecule has 10 heteroatoms. The van der Waals surface area contributed by atoms with Gasteiger partial charge in [0.1, 0.15) is 6.04 Å². The van der Waals surface area contributed by atoms with Gasteiger partial charge in [-0.05, 0) is 49.7 Å². The zero-order chi connectivity index (χ0) is 26.8. The molecule has 188 valence electrons. The molecule has 0 N–H and O–H groups in total. The van der Waals surface area contributed by atoms with E-state index in [1.807, 2.05) is 6.07 Å². The van der Waals surface area contributed by atoms with E-state index in [2.05, 4.69) is 0 Å². The summed E-state index contributed by atoms with van der Waals surface area (Å²) in [6, 6.07) is 9.93. The maximum atomic E-state index is 13.8. The molecule has 7 nitrogen and oxygen atoms in total. The average Bonchev–Trinajstić information content (AvgIpc) is 2.83. The van der Waals surface area contributed by atoms with E-state index in [1.54, 1.807) is 20.8 Å². The van der Waals surface area contributed by atoms with Crippen molar-refractivity contribution in [2.75, 3.05) is 11.5 Å². The van der Waals surface area contributed by atoms with Crippen LogP contribution in [0, 0.1) is 17.2 Å². The van der Waals surface area contributed by atoms with Crippen LogP contribution in [0.25, 0.3) is 0 Å². The molecule has 36 heavy (non-hydrogen) atoms. The summed E-state index contributed by atoms with van der Waals surface area (Å²) >= 11 is 0. The van der Waals surface area contributed by atoms with E-state index in [-0.39, 0.29) is 23.6 Å². The minimum Gasteiger partial charge on any atom is -0.463 e. The summed E-state index contributed by atoms with van der Waals surface area (Å²) in [6.07, 6.45) is -4.67. The molecule has 1 aliphatic heterocycles. The molecule has 3 amide bonds. The highest BCUT2D eigenvalue weighted by Crippen LogP contribution is 2.41. The van der Waals surface area contributed by atoms with Crippen molar-refractivity contribution in [2.45, 2.75) is 39.9 Å². The van der Waals surface area contributed by atoms with Crippen LogP contribution in [-0.4, -0.2) is 29.4 Å². The molecule has 0 radical (unpaired) electrons. The lowest BCUT2D eigenvalue weighted by atomic mass is 9.91. The first kappa shape index (κ1) is 26.5. The predicted molar refractivity (Wildman–Crippen MR) is 124 cm³/mol. The van der Waals surface area contributed by atoms with Gasteiger partial charge in [0.05, 0.1) is 35.1 Å². The predicted octanol–water partition coefficient (Wildman–Crippen LogP) is 5.58. The third kappa shape index (κ3) is 4.96. The fourth-order valence-corrected chi connectivity index (χ4v) is 3.96. The highest BCUT2D eigenvalue weighted by atomic mass is 19.4. The van der Waals surface area contributed by atoms with E-state index in [0.29, 0.717) is 11.1 Å². The highest BCUT2D eigenvalue weighted by Gasteiger charge is 2.46. The first-order valence-electron chi connectivity index (χ1n) is 11.1. The minimum absolute atomic E-state index is 0.00860. The van der Waals surface area contributed by atoms with Gasteiger partial charge in [0, 0.05) is 11.6 Å². The van der Waals surface area contributed by atoms with Gasteiger partial charge in [0.25, 0.3) is 0 Å². The summed E-state index contributed by atoms with van der Waals surface area (Å²) in [5.74, 6) is -2.14. The van der Waals surface area contributed by atoms with Gasteiger partial charge < -0.3 is 4.74 Å². The van der Waals surface area contributed by atoms with Crippen LogP contribution in [-0.2, 0) is 20.5 Å². The molecule has 0 spiro atoms. The quantitative estimate of drug-likeness (QED) is 0.501. The highest BCUT2D eigenvalue weighted by molar-refractivity contribution is 6.10. The van der Waals surface area contributed by atoms with E-state index in [1.165, 1.54) is 37.3 Å². The largest absolute Gasteiger partial charge is 0.463 e. The van der Waals surface area contributed by atoms with Crippen molar-refractivity contribution in [1.82, 2.24) is 4.90 Å². The first-order valence-corrected chi connectivity index (χ1v) is 11.1. The van der Waals surface area contributed by atoms with Crippen LogP contribution < -0.4 is 4.90 Å². The van der Waals surface area contributed by atoms with Crippen LogP contribution in [0.15, 0.2) is 59.8 Å². The molecule has 3 rings (SSSR count). The summed E-state index contributed by atoms with van der Waals surface area (Å²) in [5.41, 5.74) is -0.509. The van der Waals surface area contributed by atoms with Gasteiger partial charge in [-0.2, -0.15) is 18.4 Å². The van der Waals surface area contributed by atoms with Crippen molar-refractivity contribution in [3.05, 3.63) is 76.5 Å². The first-order chi connectivity index (χ1) is 16.9. The summed E-state index contributed by atoms with van der Waals surface area (Å²) in [5, 5.41) is 9.15. The van der Waals surface area contributed by atoms with E-state index in [4.69, 9.17) is 10.00 Å². The van der Waals surface area contributed by atoms with Gasteiger partial charge in [0.15, 0.2) is 0 Å². The Labute approximate surface area is 206 Å². The van der Waals surface area contributed by atoms with Gasteiger partial charge in [-0.25, -0.2) is 9.59 Å². The lowest BCUT2D eigenvalue weighted by Crippen LogP contribution is -2.54. The number of urea groups is 1. The Morgan fingerprint density at radius 1 is 1.14 bits per heavy atom. The summed E-state index contributed by atoms with van der Waals surface area (Å²) in [4.78, 5) is 42.1. The number of nitrogens with zero attached hydrogens (tertiary/aromatic N) is 3. The number of allylic oxidation sites excluding steroid dienone is 1. The standard InChI is InChI=1S/C26H24F3N3O4/c1-5-36-24(34)21-16(4)31(20-8-6-7-19(13-20)26(27,28)29)25(35)32(23(33)15(2)3)22(21)18-11-9-17(14-30)10-12-18/h6-13,15,22H,5H2,1-4H3. The van der Waals surface area contributed by atoms with Crippen molar-refractivity contribution >= 4 is 23.6 Å². The third-order valence-corrected chi connectivity index (χ3v) is 5.67. The number of benzene rings is 2. The lowest BCUT2D eigenvalue weighted by molar-refractivity contribution is -0.140. The normalized spacial score (nSPS) is 16.3. The number of hydrogen-bond donors (Lipinski definition) is 0. The molecular weight excluding hydrogens is 475 g/mol. The Balaban J connectivity index is 2.33. The van der Waals surface area contributed by atoms with Crippen LogP contribution in [0.1, 0.15) is 50.4 Å². The number of nitriles is 1. The van der Waals surface area contributed by atoms with Crippen molar-refractivity contribution in [3.63, 3.8) is 0 Å². The second-order valence-corrected chi connectivity index (χ2v) is 8.38. The number of halogens is 3. The Hall–Kier alpha value is -4.13. The number of ether oxygens (including phenoxy) is 1. The molecular formula is C26H24F3N3O4.